The number of amides is 2. The van der Waals surface area contributed by atoms with Crippen LogP contribution in [0.5, 0.6) is 0 Å². The van der Waals surface area contributed by atoms with Crippen molar-refractivity contribution in [1.82, 2.24) is 0 Å². The van der Waals surface area contributed by atoms with Gasteiger partial charge in [0.2, 0.25) is 11.8 Å². The molecule has 2 amide bonds. The van der Waals surface area contributed by atoms with Gasteiger partial charge in [-0.05, 0) is 43.5 Å². The summed E-state index contributed by atoms with van der Waals surface area (Å²) in [7, 11) is 0. The zero-order valence-electron chi connectivity index (χ0n) is 16.1. The van der Waals surface area contributed by atoms with Gasteiger partial charge in [0.05, 0.1) is 0 Å². The van der Waals surface area contributed by atoms with E-state index in [2.05, 4.69) is 10.6 Å². The van der Waals surface area contributed by atoms with Crippen molar-refractivity contribution in [3.05, 3.63) is 60.2 Å². The Bertz CT molecular complexity index is 802. The Labute approximate surface area is 172 Å². The lowest BCUT2D eigenvalue weighted by atomic mass is 9.88. The molecule has 2 aromatic rings. The van der Waals surface area contributed by atoms with Gasteiger partial charge in [-0.1, -0.05) is 55.7 Å². The first-order valence-electron chi connectivity index (χ1n) is 9.53. The van der Waals surface area contributed by atoms with Crippen LogP contribution in [0.4, 0.5) is 11.4 Å². The number of nitrogens with two attached hydrogens (primary N) is 1. The number of nitrogens with one attached hydrogen (secondary N) is 2. The molecule has 0 bridgehead atoms. The fourth-order valence-electron chi connectivity index (χ4n) is 3.46. The molecule has 1 saturated carbocycles. The number of hydrogen-bond donors (Lipinski definition) is 3. The van der Waals surface area contributed by atoms with Gasteiger partial charge in [0.1, 0.15) is 5.54 Å². The summed E-state index contributed by atoms with van der Waals surface area (Å²) in [5.41, 5.74) is 7.14. The van der Waals surface area contributed by atoms with E-state index in [0.717, 1.165) is 31.2 Å². The average Bonchev–Trinajstić information content (AvgIpc) is 2.69. The van der Waals surface area contributed by atoms with Crippen molar-refractivity contribution in [2.45, 2.75) is 44.6 Å². The van der Waals surface area contributed by atoms with Crippen LogP contribution in [0.15, 0.2) is 54.6 Å². The topological polar surface area (TPSA) is 84.2 Å². The minimum Gasteiger partial charge on any atom is -0.326 e. The lowest BCUT2D eigenvalue weighted by Crippen LogP contribution is -2.45. The van der Waals surface area contributed by atoms with Gasteiger partial charge >= 0.3 is 0 Å². The Morgan fingerprint density at radius 3 is 2.18 bits per heavy atom. The molecule has 0 aromatic heterocycles. The summed E-state index contributed by atoms with van der Waals surface area (Å²) in [6.07, 6.45) is 5.34. The molecule has 0 saturated heterocycles. The van der Waals surface area contributed by atoms with Crippen LogP contribution in [-0.4, -0.2) is 11.8 Å². The van der Waals surface area contributed by atoms with Crippen LogP contribution in [-0.2, 0) is 15.1 Å². The SMILES string of the molecule is CC(N)(C(=O)Nc1cccc(NC(=O)C2CCCCC2)c1)c1ccccc1.Cl. The van der Waals surface area contributed by atoms with Gasteiger partial charge < -0.3 is 16.4 Å². The molecule has 6 heteroatoms. The first-order valence-corrected chi connectivity index (χ1v) is 9.53. The Balaban J connectivity index is 0.00000280. The summed E-state index contributed by atoms with van der Waals surface area (Å²) < 4.78 is 0. The average molecular weight is 402 g/mol. The lowest BCUT2D eigenvalue weighted by Gasteiger charge is -2.24. The zero-order chi connectivity index (χ0) is 19.3. The van der Waals surface area contributed by atoms with Crippen molar-refractivity contribution in [2.24, 2.45) is 11.7 Å². The summed E-state index contributed by atoms with van der Waals surface area (Å²) in [5, 5.41) is 5.83. The Morgan fingerprint density at radius 1 is 0.929 bits per heavy atom. The highest BCUT2D eigenvalue weighted by molar-refractivity contribution is 5.99. The van der Waals surface area contributed by atoms with E-state index in [4.69, 9.17) is 5.73 Å². The van der Waals surface area contributed by atoms with Crippen LogP contribution in [0.25, 0.3) is 0 Å². The minimum absolute atomic E-state index is 0. The molecule has 28 heavy (non-hydrogen) atoms. The third-order valence-corrected chi connectivity index (χ3v) is 5.21. The third-order valence-electron chi connectivity index (χ3n) is 5.21. The number of benzene rings is 2. The van der Waals surface area contributed by atoms with E-state index in [1.54, 1.807) is 19.1 Å². The Hall–Kier alpha value is -2.37. The number of halogens is 1. The largest absolute Gasteiger partial charge is 0.326 e. The summed E-state index contributed by atoms with van der Waals surface area (Å²) in [6.45, 7) is 1.69. The van der Waals surface area contributed by atoms with Crippen LogP contribution in [0.2, 0.25) is 0 Å². The predicted molar refractivity (Wildman–Crippen MR) is 116 cm³/mol. The summed E-state index contributed by atoms with van der Waals surface area (Å²) in [5.74, 6) is -0.155. The molecule has 1 aliphatic rings. The van der Waals surface area contributed by atoms with E-state index in [-0.39, 0.29) is 30.1 Å². The van der Waals surface area contributed by atoms with Gasteiger partial charge in [0, 0.05) is 17.3 Å². The standard InChI is InChI=1S/C22H27N3O2.ClH/c1-22(23,17-11-6-3-7-12-17)21(27)25-19-14-8-13-18(15-19)24-20(26)16-9-4-2-5-10-16;/h3,6-8,11-16H,2,4-5,9-10,23H2,1H3,(H,24,26)(H,25,27);1H. The van der Waals surface area contributed by atoms with Crippen LogP contribution < -0.4 is 16.4 Å². The van der Waals surface area contributed by atoms with Crippen molar-refractivity contribution < 1.29 is 9.59 Å². The van der Waals surface area contributed by atoms with Crippen molar-refractivity contribution in [1.29, 1.82) is 0 Å². The highest BCUT2D eigenvalue weighted by atomic mass is 35.5. The summed E-state index contributed by atoms with van der Waals surface area (Å²) >= 11 is 0. The summed E-state index contributed by atoms with van der Waals surface area (Å²) in [6, 6.07) is 16.5. The Kier molecular flexibility index (Phi) is 7.61. The molecule has 1 unspecified atom stereocenters. The molecule has 150 valence electrons. The second-order valence-corrected chi connectivity index (χ2v) is 7.43. The smallest absolute Gasteiger partial charge is 0.248 e. The monoisotopic (exact) mass is 401 g/mol. The maximum absolute atomic E-state index is 12.7. The van der Waals surface area contributed by atoms with Crippen molar-refractivity contribution in [2.75, 3.05) is 10.6 Å². The molecule has 5 nitrogen and oxygen atoms in total. The van der Waals surface area contributed by atoms with E-state index in [0.29, 0.717) is 11.4 Å². The second kappa shape index (κ2) is 9.71. The first-order chi connectivity index (χ1) is 13.0. The van der Waals surface area contributed by atoms with Crippen LogP contribution in [0, 0.1) is 5.92 Å². The zero-order valence-corrected chi connectivity index (χ0v) is 16.9. The van der Waals surface area contributed by atoms with Gasteiger partial charge in [-0.2, -0.15) is 0 Å². The number of hydrogen-bond acceptors (Lipinski definition) is 3. The molecular weight excluding hydrogens is 374 g/mol. The molecule has 4 N–H and O–H groups in total. The number of rotatable bonds is 5. The molecule has 0 radical (unpaired) electrons. The van der Waals surface area contributed by atoms with Crippen LogP contribution in [0.1, 0.15) is 44.6 Å². The predicted octanol–water partition coefficient (Wildman–Crippen LogP) is 4.44. The Morgan fingerprint density at radius 2 is 1.54 bits per heavy atom. The van der Waals surface area contributed by atoms with Gasteiger partial charge in [-0.15, -0.1) is 12.4 Å². The van der Waals surface area contributed by atoms with Crippen LogP contribution >= 0.6 is 12.4 Å². The molecule has 1 fully saturated rings. The molecule has 2 aromatic carbocycles. The van der Waals surface area contributed by atoms with E-state index in [1.165, 1.54) is 6.42 Å². The maximum atomic E-state index is 12.7. The molecule has 1 aliphatic carbocycles. The fraction of sp³-hybridized carbons (Fsp3) is 0.364. The highest BCUT2D eigenvalue weighted by Gasteiger charge is 2.30. The molecule has 1 atom stereocenters. The van der Waals surface area contributed by atoms with Crippen LogP contribution in [0.3, 0.4) is 0 Å². The molecule has 0 heterocycles. The molecular formula is C22H28ClN3O2. The highest BCUT2D eigenvalue weighted by Crippen LogP contribution is 2.26. The maximum Gasteiger partial charge on any atom is 0.248 e. The lowest BCUT2D eigenvalue weighted by molar-refractivity contribution is -0.121. The van der Waals surface area contributed by atoms with Crippen molar-refractivity contribution in [3.63, 3.8) is 0 Å². The van der Waals surface area contributed by atoms with Gasteiger partial charge in [-0.3, -0.25) is 9.59 Å². The molecule has 0 aliphatic heterocycles. The van der Waals surface area contributed by atoms with E-state index < -0.39 is 5.54 Å². The molecule has 3 rings (SSSR count). The summed E-state index contributed by atoms with van der Waals surface area (Å²) in [4.78, 5) is 25.1. The first kappa shape index (κ1) is 21.9. The third kappa shape index (κ3) is 5.33. The van der Waals surface area contributed by atoms with Gasteiger partial charge in [0.15, 0.2) is 0 Å². The van der Waals surface area contributed by atoms with Gasteiger partial charge in [0.25, 0.3) is 0 Å². The number of carbonyl (C=O) groups is 2. The van der Waals surface area contributed by atoms with Crippen molar-refractivity contribution >= 4 is 35.6 Å². The van der Waals surface area contributed by atoms with E-state index >= 15 is 0 Å². The van der Waals surface area contributed by atoms with Crippen molar-refractivity contribution in [3.8, 4) is 0 Å². The number of carbonyl (C=O) groups excluding carboxylic acids is 2. The fourth-order valence-corrected chi connectivity index (χ4v) is 3.46. The minimum atomic E-state index is -1.15. The van der Waals surface area contributed by atoms with Gasteiger partial charge in [-0.25, -0.2) is 0 Å². The quantitative estimate of drug-likeness (QED) is 0.692. The van der Waals surface area contributed by atoms with E-state index in [1.807, 2.05) is 42.5 Å². The second-order valence-electron chi connectivity index (χ2n) is 7.43. The molecule has 0 spiro atoms. The van der Waals surface area contributed by atoms with E-state index in [9.17, 15) is 9.59 Å². The normalized spacial score (nSPS) is 16.4. The number of anilines is 2.